The van der Waals surface area contributed by atoms with Crippen molar-refractivity contribution in [1.82, 2.24) is 5.32 Å². The van der Waals surface area contributed by atoms with Crippen molar-refractivity contribution in [2.75, 3.05) is 6.61 Å². The maximum absolute atomic E-state index is 13.2. The molecule has 0 saturated heterocycles. The monoisotopic (exact) mass is 854 g/mol. The number of hydrogen-bond donors (Lipinski definition) is 3. The Labute approximate surface area is 378 Å². The molecular weight excluding hydrogens is 755 g/mol. The van der Waals surface area contributed by atoms with Gasteiger partial charge in [-0.25, -0.2) is 0 Å². The lowest BCUT2D eigenvalue weighted by Gasteiger charge is -2.24. The number of hydrogen-bond acceptors (Lipinski definition) is 5. The molecule has 0 aliphatic heterocycles. The van der Waals surface area contributed by atoms with Crippen molar-refractivity contribution in [3.63, 3.8) is 0 Å². The Morgan fingerprint density at radius 2 is 0.836 bits per heavy atom. The largest absolute Gasteiger partial charge is 0.462 e. The fraction of sp³-hybridized carbons (Fsp3) is 0.782. The number of amides is 1. The van der Waals surface area contributed by atoms with E-state index in [1.54, 1.807) is 0 Å². The number of aliphatic hydroxyl groups excluding tert-OH is 2. The van der Waals surface area contributed by atoms with Gasteiger partial charge in [0.15, 0.2) is 0 Å². The Kier molecular flexibility index (Phi) is 46.6. The van der Waals surface area contributed by atoms with Crippen LogP contribution in [-0.4, -0.2) is 46.9 Å². The normalized spacial score (nSPS) is 13.7. The van der Waals surface area contributed by atoms with Crippen LogP contribution >= 0.6 is 0 Å². The van der Waals surface area contributed by atoms with Crippen LogP contribution in [0.4, 0.5) is 0 Å². The molecule has 0 rings (SSSR count). The van der Waals surface area contributed by atoms with Crippen LogP contribution in [-0.2, 0) is 14.3 Å². The van der Waals surface area contributed by atoms with Gasteiger partial charge in [-0.2, -0.15) is 0 Å². The summed E-state index contributed by atoms with van der Waals surface area (Å²) in [5, 5.41) is 23.7. The molecule has 354 valence electrons. The summed E-state index contributed by atoms with van der Waals surface area (Å²) in [5.41, 5.74) is 0. The first kappa shape index (κ1) is 58.6. The lowest BCUT2D eigenvalue weighted by Crippen LogP contribution is -2.46. The number of rotatable bonds is 46. The van der Waals surface area contributed by atoms with Gasteiger partial charge in [-0.05, 0) is 96.3 Å². The van der Waals surface area contributed by atoms with Crippen molar-refractivity contribution < 1.29 is 24.5 Å². The average molecular weight is 854 g/mol. The number of carbonyl (C=O) groups excluding carboxylic acids is 2. The topological polar surface area (TPSA) is 95.9 Å². The van der Waals surface area contributed by atoms with Gasteiger partial charge in [0.2, 0.25) is 5.91 Å². The smallest absolute Gasteiger partial charge is 0.306 e. The van der Waals surface area contributed by atoms with Crippen molar-refractivity contribution >= 4 is 11.9 Å². The van der Waals surface area contributed by atoms with E-state index in [0.717, 1.165) is 89.9 Å². The van der Waals surface area contributed by atoms with Gasteiger partial charge in [0.1, 0.15) is 6.10 Å². The number of esters is 1. The Morgan fingerprint density at radius 1 is 0.475 bits per heavy atom. The van der Waals surface area contributed by atoms with E-state index in [9.17, 15) is 19.8 Å². The van der Waals surface area contributed by atoms with Crippen molar-refractivity contribution in [2.24, 2.45) is 0 Å². The molecule has 61 heavy (non-hydrogen) atoms. The lowest BCUT2D eigenvalue weighted by atomic mass is 10.0. The second-order valence-corrected chi connectivity index (χ2v) is 17.6. The highest BCUT2D eigenvalue weighted by Crippen LogP contribution is 2.17. The van der Waals surface area contributed by atoms with E-state index in [2.05, 4.69) is 86.8 Å². The van der Waals surface area contributed by atoms with Crippen LogP contribution in [0.15, 0.2) is 60.8 Å². The van der Waals surface area contributed by atoms with Crippen LogP contribution < -0.4 is 5.32 Å². The molecule has 3 unspecified atom stereocenters. The van der Waals surface area contributed by atoms with Crippen molar-refractivity contribution in [3.05, 3.63) is 60.8 Å². The first-order chi connectivity index (χ1) is 30.0. The summed E-state index contributed by atoms with van der Waals surface area (Å²) in [5.74, 6) is -0.517. The summed E-state index contributed by atoms with van der Waals surface area (Å²) in [6.07, 6.45) is 59.9. The summed E-state index contributed by atoms with van der Waals surface area (Å²) in [6.45, 7) is 6.42. The summed E-state index contributed by atoms with van der Waals surface area (Å²) < 4.78 is 5.92. The van der Waals surface area contributed by atoms with E-state index in [1.165, 1.54) is 116 Å². The summed E-state index contributed by atoms with van der Waals surface area (Å²) in [6, 6.07) is -0.711. The first-order valence-corrected chi connectivity index (χ1v) is 26.0. The number of nitrogens with one attached hydrogen (secondary N) is 1. The predicted molar refractivity (Wildman–Crippen MR) is 264 cm³/mol. The van der Waals surface area contributed by atoms with Gasteiger partial charge < -0.3 is 20.3 Å². The first-order valence-electron chi connectivity index (χ1n) is 26.0. The second-order valence-electron chi connectivity index (χ2n) is 17.6. The summed E-state index contributed by atoms with van der Waals surface area (Å²) in [7, 11) is 0. The third kappa shape index (κ3) is 44.0. The van der Waals surface area contributed by atoms with Crippen LogP contribution in [0.5, 0.6) is 0 Å². The fourth-order valence-electron chi connectivity index (χ4n) is 7.58. The third-order valence-electron chi connectivity index (χ3n) is 11.6. The van der Waals surface area contributed by atoms with Gasteiger partial charge in [-0.3, -0.25) is 9.59 Å². The van der Waals surface area contributed by atoms with Crippen LogP contribution in [0, 0.1) is 0 Å². The van der Waals surface area contributed by atoms with Gasteiger partial charge in [-0.15, -0.1) is 0 Å². The number of ether oxygens (including phenoxy) is 1. The van der Waals surface area contributed by atoms with Crippen LogP contribution in [0.2, 0.25) is 0 Å². The predicted octanol–water partition coefficient (Wildman–Crippen LogP) is 15.6. The SMILES string of the molecule is CCCCC/C=C\C/C=C\C/C=C\C/C=C\CCCCCC(=O)OC(CCCCCCC/C=C\CCCCCC)CC(=O)NC(CO)C(O)CCCCCCCCCCCC. The third-order valence-corrected chi connectivity index (χ3v) is 11.6. The fourth-order valence-corrected chi connectivity index (χ4v) is 7.58. The number of allylic oxidation sites excluding steroid dienone is 10. The molecular formula is C55H99NO5. The van der Waals surface area contributed by atoms with E-state index >= 15 is 0 Å². The quantitative estimate of drug-likeness (QED) is 0.0322. The average Bonchev–Trinajstić information content (AvgIpc) is 3.25. The molecule has 0 aromatic rings. The standard InChI is InChI=1S/C55H99NO5/c1-4-7-10-13-16-19-22-24-25-26-27-28-29-31-33-36-39-42-45-48-55(60)61-51(46-43-40-37-34-32-30-23-20-17-14-11-8-5-2)49-54(59)56-52(50-57)53(58)47-44-41-38-35-21-18-15-12-9-6-3/h16,19-20,23-25,27-28,31,33,51-53,57-58H,4-15,17-18,21-22,26,29-30,32,34-50H2,1-3H3,(H,56,59)/b19-16-,23-20-,25-24-,28-27-,33-31-. The van der Waals surface area contributed by atoms with E-state index in [-0.39, 0.29) is 24.9 Å². The van der Waals surface area contributed by atoms with Gasteiger partial charge in [0.25, 0.3) is 0 Å². The van der Waals surface area contributed by atoms with E-state index in [4.69, 9.17) is 4.74 Å². The molecule has 0 bridgehead atoms. The second kappa shape index (κ2) is 48.6. The Balaban J connectivity index is 4.62. The zero-order chi connectivity index (χ0) is 44.5. The molecule has 6 nitrogen and oxygen atoms in total. The van der Waals surface area contributed by atoms with Crippen LogP contribution in [0.25, 0.3) is 0 Å². The minimum atomic E-state index is -0.795. The zero-order valence-corrected chi connectivity index (χ0v) is 40.3. The Morgan fingerprint density at radius 3 is 1.33 bits per heavy atom. The van der Waals surface area contributed by atoms with Gasteiger partial charge in [0, 0.05) is 6.42 Å². The van der Waals surface area contributed by atoms with E-state index < -0.39 is 18.2 Å². The molecule has 0 heterocycles. The van der Waals surface area contributed by atoms with Gasteiger partial charge in [0.05, 0.1) is 25.2 Å². The molecule has 3 N–H and O–H groups in total. The maximum Gasteiger partial charge on any atom is 0.306 e. The lowest BCUT2D eigenvalue weighted by molar-refractivity contribution is -0.151. The Bertz CT molecular complexity index is 1090. The number of carbonyl (C=O) groups is 2. The number of unbranched alkanes of at least 4 members (excludes halogenated alkanes) is 24. The molecule has 0 fully saturated rings. The molecule has 0 spiro atoms. The molecule has 6 heteroatoms. The highest BCUT2D eigenvalue weighted by Gasteiger charge is 2.24. The molecule has 0 radical (unpaired) electrons. The molecule has 3 atom stereocenters. The van der Waals surface area contributed by atoms with Crippen molar-refractivity contribution in [1.29, 1.82) is 0 Å². The highest BCUT2D eigenvalue weighted by molar-refractivity contribution is 5.77. The molecule has 0 aromatic carbocycles. The Hall–Kier alpha value is -2.44. The highest BCUT2D eigenvalue weighted by atomic mass is 16.5. The zero-order valence-electron chi connectivity index (χ0n) is 40.3. The molecule has 0 aliphatic rings. The molecule has 0 saturated carbocycles. The number of aliphatic hydroxyl groups is 2. The minimum Gasteiger partial charge on any atom is -0.462 e. The van der Waals surface area contributed by atoms with E-state index in [1.807, 2.05) is 0 Å². The summed E-state index contributed by atoms with van der Waals surface area (Å²) >= 11 is 0. The van der Waals surface area contributed by atoms with Crippen LogP contribution in [0.1, 0.15) is 252 Å². The van der Waals surface area contributed by atoms with E-state index in [0.29, 0.717) is 19.3 Å². The molecule has 1 amide bonds. The van der Waals surface area contributed by atoms with Gasteiger partial charge >= 0.3 is 5.97 Å². The van der Waals surface area contributed by atoms with Crippen LogP contribution in [0.3, 0.4) is 0 Å². The molecule has 0 aliphatic carbocycles. The van der Waals surface area contributed by atoms with Crippen molar-refractivity contribution in [2.45, 2.75) is 270 Å². The molecule has 0 aromatic heterocycles. The maximum atomic E-state index is 13.2. The summed E-state index contributed by atoms with van der Waals surface area (Å²) in [4.78, 5) is 26.1. The van der Waals surface area contributed by atoms with Gasteiger partial charge in [-0.1, -0.05) is 204 Å². The van der Waals surface area contributed by atoms with Crippen molar-refractivity contribution in [3.8, 4) is 0 Å². The minimum absolute atomic E-state index is 0.0579.